The Morgan fingerprint density at radius 1 is 1.47 bits per heavy atom. The number of amides is 1. The minimum Gasteiger partial charge on any atom is -0.385 e. The first-order chi connectivity index (χ1) is 9.10. The summed E-state index contributed by atoms with van der Waals surface area (Å²) < 4.78 is 5.18. The molecule has 0 bridgehead atoms. The van der Waals surface area contributed by atoms with Gasteiger partial charge in [-0.05, 0) is 6.92 Å². The fourth-order valence-electron chi connectivity index (χ4n) is 1.49. The summed E-state index contributed by atoms with van der Waals surface area (Å²) in [4.78, 5) is 20.6. The van der Waals surface area contributed by atoms with Crippen molar-refractivity contribution in [1.29, 1.82) is 0 Å². The lowest BCUT2D eigenvalue weighted by atomic mass is 10.2. The van der Waals surface area contributed by atoms with Crippen molar-refractivity contribution in [2.75, 3.05) is 32.1 Å². The summed E-state index contributed by atoms with van der Waals surface area (Å²) in [6.45, 7) is 7.51. The third kappa shape index (κ3) is 4.48. The van der Waals surface area contributed by atoms with Gasteiger partial charge in [0.2, 0.25) is 0 Å². The number of hydrogen-bond donors (Lipinski definition) is 2. The number of rotatable bonds is 7. The zero-order valence-corrected chi connectivity index (χ0v) is 12.0. The predicted octanol–water partition coefficient (Wildman–Crippen LogP) is 1.41. The van der Waals surface area contributed by atoms with Gasteiger partial charge in [-0.25, -0.2) is 9.97 Å². The Hall–Kier alpha value is -1.69. The molecule has 0 fully saturated rings. The first-order valence-electron chi connectivity index (χ1n) is 6.50. The molecule has 1 aromatic rings. The Bertz CT molecular complexity index is 421. The number of nitrogens with one attached hydrogen (secondary N) is 2. The van der Waals surface area contributed by atoms with Crippen molar-refractivity contribution in [3.05, 3.63) is 17.7 Å². The van der Waals surface area contributed by atoms with Crippen LogP contribution in [0.3, 0.4) is 0 Å². The lowest BCUT2D eigenvalue weighted by Crippen LogP contribution is -2.29. The highest BCUT2D eigenvalue weighted by atomic mass is 16.5. The SMILES string of the molecule is CCOCCNC(=O)c1nc(C(C)C)ncc1NC. The first kappa shape index (κ1) is 15.4. The van der Waals surface area contributed by atoms with Crippen molar-refractivity contribution in [3.63, 3.8) is 0 Å². The summed E-state index contributed by atoms with van der Waals surface area (Å²) in [5.74, 6) is 0.628. The Labute approximate surface area is 114 Å². The number of hydrogen-bond acceptors (Lipinski definition) is 5. The maximum Gasteiger partial charge on any atom is 0.272 e. The van der Waals surface area contributed by atoms with Gasteiger partial charge in [-0.1, -0.05) is 13.8 Å². The molecule has 0 aromatic carbocycles. The van der Waals surface area contributed by atoms with E-state index in [2.05, 4.69) is 20.6 Å². The Kier molecular flexibility index (Phi) is 6.21. The average molecular weight is 266 g/mol. The maximum absolute atomic E-state index is 12.1. The largest absolute Gasteiger partial charge is 0.385 e. The summed E-state index contributed by atoms with van der Waals surface area (Å²) in [7, 11) is 1.74. The van der Waals surface area contributed by atoms with Gasteiger partial charge in [0, 0.05) is 26.1 Å². The normalized spacial score (nSPS) is 10.6. The third-order valence-electron chi connectivity index (χ3n) is 2.54. The average Bonchev–Trinajstić information content (AvgIpc) is 2.42. The fourth-order valence-corrected chi connectivity index (χ4v) is 1.49. The van der Waals surface area contributed by atoms with Gasteiger partial charge >= 0.3 is 0 Å². The van der Waals surface area contributed by atoms with E-state index in [4.69, 9.17) is 4.74 Å². The van der Waals surface area contributed by atoms with Crippen LogP contribution in [0.25, 0.3) is 0 Å². The van der Waals surface area contributed by atoms with Crippen LogP contribution in [0.1, 0.15) is 43.0 Å². The molecule has 0 radical (unpaired) electrons. The van der Waals surface area contributed by atoms with Crippen molar-refractivity contribution >= 4 is 11.6 Å². The van der Waals surface area contributed by atoms with Gasteiger partial charge in [0.05, 0.1) is 18.5 Å². The lowest BCUT2D eigenvalue weighted by Gasteiger charge is -2.11. The summed E-state index contributed by atoms with van der Waals surface area (Å²) in [5.41, 5.74) is 0.996. The van der Waals surface area contributed by atoms with Crippen LogP contribution in [0.4, 0.5) is 5.69 Å². The molecule has 6 heteroatoms. The predicted molar refractivity (Wildman–Crippen MR) is 74.5 cm³/mol. The number of aromatic nitrogens is 2. The fraction of sp³-hybridized carbons (Fsp3) is 0.615. The van der Waals surface area contributed by atoms with Crippen molar-refractivity contribution in [2.45, 2.75) is 26.7 Å². The van der Waals surface area contributed by atoms with Crippen molar-refractivity contribution in [3.8, 4) is 0 Å². The molecule has 0 saturated carbocycles. The molecule has 0 aliphatic carbocycles. The van der Waals surface area contributed by atoms with Crippen LogP contribution < -0.4 is 10.6 Å². The van der Waals surface area contributed by atoms with Crippen molar-refractivity contribution in [1.82, 2.24) is 15.3 Å². The number of anilines is 1. The van der Waals surface area contributed by atoms with Crippen LogP contribution in [0.2, 0.25) is 0 Å². The minimum absolute atomic E-state index is 0.181. The van der Waals surface area contributed by atoms with E-state index >= 15 is 0 Å². The molecule has 0 spiro atoms. The smallest absolute Gasteiger partial charge is 0.272 e. The Morgan fingerprint density at radius 2 is 2.21 bits per heavy atom. The van der Waals surface area contributed by atoms with Gasteiger partial charge < -0.3 is 15.4 Å². The van der Waals surface area contributed by atoms with E-state index in [1.807, 2.05) is 20.8 Å². The summed E-state index contributed by atoms with van der Waals surface area (Å²) in [6, 6.07) is 0. The minimum atomic E-state index is -0.214. The van der Waals surface area contributed by atoms with E-state index < -0.39 is 0 Å². The van der Waals surface area contributed by atoms with Crippen molar-refractivity contribution < 1.29 is 9.53 Å². The Balaban J connectivity index is 2.78. The molecule has 1 aromatic heterocycles. The zero-order chi connectivity index (χ0) is 14.3. The standard InChI is InChI=1S/C13H22N4O2/c1-5-19-7-6-15-13(18)11-10(14-4)8-16-12(17-11)9(2)3/h8-9,14H,5-7H2,1-4H3,(H,15,18). The second kappa shape index (κ2) is 7.68. The van der Waals surface area contributed by atoms with Crippen LogP contribution in [0.5, 0.6) is 0 Å². The number of carbonyl (C=O) groups is 1. The van der Waals surface area contributed by atoms with Gasteiger partial charge in [-0.3, -0.25) is 4.79 Å². The molecule has 106 valence electrons. The molecule has 1 amide bonds. The van der Waals surface area contributed by atoms with Crippen LogP contribution in [0, 0.1) is 0 Å². The molecule has 19 heavy (non-hydrogen) atoms. The Morgan fingerprint density at radius 3 is 2.79 bits per heavy atom. The van der Waals surface area contributed by atoms with Crippen LogP contribution in [-0.2, 0) is 4.74 Å². The highest BCUT2D eigenvalue weighted by molar-refractivity contribution is 5.97. The molecule has 1 rings (SSSR count). The molecule has 2 N–H and O–H groups in total. The molecular weight excluding hydrogens is 244 g/mol. The number of nitrogens with zero attached hydrogens (tertiary/aromatic N) is 2. The summed E-state index contributed by atoms with van der Waals surface area (Å²) in [6.07, 6.45) is 1.64. The highest BCUT2D eigenvalue weighted by Gasteiger charge is 2.15. The van der Waals surface area contributed by atoms with E-state index in [0.717, 1.165) is 0 Å². The molecule has 6 nitrogen and oxygen atoms in total. The topological polar surface area (TPSA) is 76.1 Å². The van der Waals surface area contributed by atoms with E-state index in [1.54, 1.807) is 13.2 Å². The van der Waals surface area contributed by atoms with Gasteiger partial charge in [0.15, 0.2) is 5.69 Å². The van der Waals surface area contributed by atoms with E-state index in [0.29, 0.717) is 37.0 Å². The molecule has 0 saturated heterocycles. The van der Waals surface area contributed by atoms with Crippen molar-refractivity contribution in [2.24, 2.45) is 0 Å². The van der Waals surface area contributed by atoms with Gasteiger partial charge in [0.1, 0.15) is 5.82 Å². The van der Waals surface area contributed by atoms with Gasteiger partial charge in [0.25, 0.3) is 5.91 Å². The van der Waals surface area contributed by atoms with Gasteiger partial charge in [-0.2, -0.15) is 0 Å². The lowest BCUT2D eigenvalue weighted by molar-refractivity contribution is 0.0918. The molecule has 0 aliphatic heterocycles. The number of carbonyl (C=O) groups excluding carboxylic acids is 1. The van der Waals surface area contributed by atoms with E-state index in [9.17, 15) is 4.79 Å². The first-order valence-corrected chi connectivity index (χ1v) is 6.50. The quantitative estimate of drug-likeness (QED) is 0.730. The maximum atomic E-state index is 12.1. The second-order valence-corrected chi connectivity index (χ2v) is 4.35. The summed E-state index contributed by atoms with van der Waals surface area (Å²) >= 11 is 0. The zero-order valence-electron chi connectivity index (χ0n) is 12.0. The second-order valence-electron chi connectivity index (χ2n) is 4.35. The van der Waals surface area contributed by atoms with Crippen LogP contribution >= 0.6 is 0 Å². The van der Waals surface area contributed by atoms with E-state index in [1.165, 1.54) is 0 Å². The van der Waals surface area contributed by atoms with Crippen LogP contribution in [-0.4, -0.2) is 42.7 Å². The molecule has 0 unspecified atom stereocenters. The monoisotopic (exact) mass is 266 g/mol. The molecule has 1 heterocycles. The number of ether oxygens (including phenoxy) is 1. The molecule has 0 atom stereocenters. The third-order valence-corrected chi connectivity index (χ3v) is 2.54. The highest BCUT2D eigenvalue weighted by Crippen LogP contribution is 2.15. The summed E-state index contributed by atoms with van der Waals surface area (Å²) in [5, 5.41) is 5.71. The molecular formula is C13H22N4O2. The molecule has 0 aliphatic rings. The van der Waals surface area contributed by atoms with E-state index in [-0.39, 0.29) is 11.8 Å². The van der Waals surface area contributed by atoms with Gasteiger partial charge in [-0.15, -0.1) is 0 Å². The van der Waals surface area contributed by atoms with Crippen LogP contribution in [0.15, 0.2) is 6.20 Å².